The number of piperidine rings is 1. The third kappa shape index (κ3) is 7.61. The average Bonchev–Trinajstić information content (AvgIpc) is 2.74. The van der Waals surface area contributed by atoms with E-state index in [2.05, 4.69) is 10.3 Å². The van der Waals surface area contributed by atoms with Crippen LogP contribution in [0.1, 0.15) is 31.2 Å². The normalized spacial score (nSPS) is 15.1. The first kappa shape index (κ1) is 23.0. The van der Waals surface area contributed by atoms with E-state index in [4.69, 9.17) is 16.2 Å². The summed E-state index contributed by atoms with van der Waals surface area (Å²) >= 11 is 0. The summed E-state index contributed by atoms with van der Waals surface area (Å²) in [6, 6.07) is 8.28. The molecule has 0 saturated carbocycles. The van der Waals surface area contributed by atoms with Gasteiger partial charge in [-0.3, -0.25) is 21.3 Å². The van der Waals surface area contributed by atoms with Crippen molar-refractivity contribution in [3.05, 3.63) is 35.9 Å². The number of nitrogens with zero attached hydrogens (tertiary/aromatic N) is 1. The summed E-state index contributed by atoms with van der Waals surface area (Å²) in [5.74, 6) is -2.00. The smallest absolute Gasteiger partial charge is 0.410 e. The highest BCUT2D eigenvalue weighted by atomic mass is 16.6. The van der Waals surface area contributed by atoms with Crippen molar-refractivity contribution in [1.29, 1.82) is 0 Å². The number of carbonyl (C=O) groups is 3. The molecule has 0 spiro atoms. The minimum Gasteiger partial charge on any atom is -0.548 e. The third-order valence-electron chi connectivity index (χ3n) is 4.93. The van der Waals surface area contributed by atoms with E-state index in [0.29, 0.717) is 38.9 Å². The molecule has 1 heterocycles. The predicted molar refractivity (Wildman–Crippen MR) is 106 cm³/mol. The van der Waals surface area contributed by atoms with Gasteiger partial charge in [0, 0.05) is 19.0 Å². The molecule has 0 unspecified atom stereocenters. The molecule has 10 nitrogen and oxygen atoms in total. The molecule has 1 atom stereocenters. The van der Waals surface area contributed by atoms with Gasteiger partial charge in [-0.05, 0) is 31.2 Å². The van der Waals surface area contributed by atoms with Crippen molar-refractivity contribution in [2.75, 3.05) is 19.6 Å². The van der Waals surface area contributed by atoms with Gasteiger partial charge in [-0.1, -0.05) is 30.3 Å². The lowest BCUT2D eigenvalue weighted by Crippen LogP contribution is -2.78. The third-order valence-corrected chi connectivity index (χ3v) is 4.93. The summed E-state index contributed by atoms with van der Waals surface area (Å²) in [7, 11) is 0. The first-order chi connectivity index (χ1) is 14.4. The van der Waals surface area contributed by atoms with E-state index < -0.39 is 18.1 Å². The highest BCUT2D eigenvalue weighted by Gasteiger charge is 2.29. The summed E-state index contributed by atoms with van der Waals surface area (Å²) in [6.07, 6.45) is 1.09. The van der Waals surface area contributed by atoms with Crippen LogP contribution in [0.4, 0.5) is 4.79 Å². The number of nitrogens with two attached hydrogens (primary N) is 2. The topological polar surface area (TPSA) is 165 Å². The minimum absolute atomic E-state index is 0.0538. The first-order valence-electron chi connectivity index (χ1n) is 9.95. The van der Waals surface area contributed by atoms with Gasteiger partial charge in [0.05, 0.1) is 18.6 Å². The maximum absolute atomic E-state index is 12.4. The highest BCUT2D eigenvalue weighted by Crippen LogP contribution is 2.19. The molecule has 0 radical (unpaired) electrons. The number of hydrogen-bond acceptors (Lipinski definition) is 5. The Balaban J connectivity index is 1.74. The number of amides is 2. The maximum atomic E-state index is 12.4. The summed E-state index contributed by atoms with van der Waals surface area (Å²) in [5.41, 5.74) is 11.5. The number of ether oxygens (including phenoxy) is 1. The summed E-state index contributed by atoms with van der Waals surface area (Å²) in [6.45, 7) is 1.33. The fraction of sp³-hybridized carbons (Fsp3) is 0.500. The summed E-state index contributed by atoms with van der Waals surface area (Å²) in [5, 5.41) is 13.8. The Morgan fingerprint density at radius 3 is 2.47 bits per heavy atom. The van der Waals surface area contributed by atoms with Crippen molar-refractivity contribution in [3.63, 3.8) is 0 Å². The Kier molecular flexibility index (Phi) is 8.92. The van der Waals surface area contributed by atoms with Crippen LogP contribution < -0.4 is 26.9 Å². The predicted octanol–water partition coefficient (Wildman–Crippen LogP) is -2.60. The Labute approximate surface area is 175 Å². The molecule has 1 aliphatic rings. The van der Waals surface area contributed by atoms with Crippen LogP contribution in [-0.4, -0.2) is 54.5 Å². The largest absolute Gasteiger partial charge is 0.548 e. The number of likely N-dealkylation sites (tertiary alicyclic amines) is 1. The van der Waals surface area contributed by atoms with Crippen LogP contribution in [0, 0.1) is 5.92 Å². The van der Waals surface area contributed by atoms with Crippen LogP contribution in [0.15, 0.2) is 30.3 Å². The van der Waals surface area contributed by atoms with Gasteiger partial charge in [-0.15, -0.1) is 0 Å². The number of guanidine groups is 1. The Hall–Kier alpha value is -3.30. The molecule has 0 aromatic heterocycles. The lowest BCUT2D eigenvalue weighted by atomic mass is 9.95. The van der Waals surface area contributed by atoms with Crippen molar-refractivity contribution in [1.82, 2.24) is 10.2 Å². The van der Waals surface area contributed by atoms with Gasteiger partial charge in [-0.2, -0.15) is 0 Å². The Bertz CT molecular complexity index is 743. The molecule has 6 N–H and O–H groups in total. The van der Waals surface area contributed by atoms with E-state index >= 15 is 0 Å². The number of nitrogens with one attached hydrogen (secondary N) is 2. The van der Waals surface area contributed by atoms with E-state index in [-0.39, 0.29) is 30.8 Å². The van der Waals surface area contributed by atoms with Crippen molar-refractivity contribution in [2.45, 2.75) is 38.3 Å². The zero-order chi connectivity index (χ0) is 21.9. The molecule has 10 heteroatoms. The molecular formula is C20H29N5O5. The van der Waals surface area contributed by atoms with Gasteiger partial charge in [0.25, 0.3) is 0 Å². The average molecular weight is 419 g/mol. The van der Waals surface area contributed by atoms with E-state index in [1.165, 1.54) is 0 Å². The molecule has 0 bridgehead atoms. The van der Waals surface area contributed by atoms with Crippen LogP contribution in [0.25, 0.3) is 0 Å². The van der Waals surface area contributed by atoms with Gasteiger partial charge < -0.3 is 24.9 Å². The molecule has 1 saturated heterocycles. The van der Waals surface area contributed by atoms with E-state index in [0.717, 1.165) is 5.56 Å². The molecule has 30 heavy (non-hydrogen) atoms. The maximum Gasteiger partial charge on any atom is 0.410 e. The van der Waals surface area contributed by atoms with Crippen LogP contribution in [0.3, 0.4) is 0 Å². The highest BCUT2D eigenvalue weighted by molar-refractivity contribution is 5.84. The fourth-order valence-electron chi connectivity index (χ4n) is 3.21. The van der Waals surface area contributed by atoms with Gasteiger partial charge in [-0.25, -0.2) is 4.79 Å². The lowest BCUT2D eigenvalue weighted by molar-refractivity contribution is -0.459. The zero-order valence-corrected chi connectivity index (χ0v) is 16.8. The van der Waals surface area contributed by atoms with E-state index in [9.17, 15) is 19.5 Å². The minimum atomic E-state index is -1.34. The van der Waals surface area contributed by atoms with Crippen LogP contribution in [0.5, 0.6) is 0 Å². The van der Waals surface area contributed by atoms with Crippen LogP contribution in [-0.2, 0) is 20.9 Å². The number of benzene rings is 1. The summed E-state index contributed by atoms with van der Waals surface area (Å²) in [4.78, 5) is 40.2. The molecule has 2 rings (SSSR count). The molecular weight excluding hydrogens is 390 g/mol. The van der Waals surface area contributed by atoms with Crippen molar-refractivity contribution in [3.8, 4) is 0 Å². The second-order valence-electron chi connectivity index (χ2n) is 7.21. The van der Waals surface area contributed by atoms with Gasteiger partial charge in [0.1, 0.15) is 6.61 Å². The molecule has 2 amide bonds. The molecule has 1 aliphatic heterocycles. The SMILES string of the molecule is NC(N)=[NH+]CCC[C@@H](NC(=O)C1CCN(C(=O)OCc2ccccc2)CC1)C(=O)[O-]. The first-order valence-corrected chi connectivity index (χ1v) is 9.95. The quantitative estimate of drug-likeness (QED) is 0.194. The summed E-state index contributed by atoms with van der Waals surface area (Å²) < 4.78 is 5.31. The molecule has 1 aromatic rings. The Morgan fingerprint density at radius 1 is 1.20 bits per heavy atom. The zero-order valence-electron chi connectivity index (χ0n) is 16.8. The number of carboxylic acids is 1. The van der Waals surface area contributed by atoms with Gasteiger partial charge in [0.2, 0.25) is 5.91 Å². The number of hydrogen-bond donors (Lipinski definition) is 4. The second-order valence-corrected chi connectivity index (χ2v) is 7.21. The van der Waals surface area contributed by atoms with Crippen molar-refractivity contribution in [2.24, 2.45) is 17.4 Å². The van der Waals surface area contributed by atoms with E-state index in [1.54, 1.807) is 4.90 Å². The number of carbonyl (C=O) groups excluding carboxylic acids is 3. The van der Waals surface area contributed by atoms with Crippen molar-refractivity contribution >= 4 is 23.9 Å². The number of aliphatic carboxylic acids is 1. The van der Waals surface area contributed by atoms with Gasteiger partial charge >= 0.3 is 12.1 Å². The monoisotopic (exact) mass is 419 g/mol. The fourth-order valence-corrected chi connectivity index (χ4v) is 3.21. The molecule has 1 fully saturated rings. The Morgan fingerprint density at radius 2 is 1.87 bits per heavy atom. The number of carboxylic acid groups (broad SMARTS) is 1. The van der Waals surface area contributed by atoms with Crippen molar-refractivity contribution < 1.29 is 29.2 Å². The standard InChI is InChI=1S/C20H29N5O5/c21-19(22)23-10-4-7-16(18(27)28)24-17(26)15-8-11-25(12-9-15)20(29)30-13-14-5-2-1-3-6-14/h1-3,5-6,15-16H,4,7-13H2,(H,24,26)(H,27,28)(H4,21,22,23)/t16-/m1/s1. The molecule has 1 aromatic carbocycles. The molecule has 164 valence electrons. The lowest BCUT2D eigenvalue weighted by Gasteiger charge is -2.31. The second kappa shape index (κ2) is 11.6. The van der Waals surface area contributed by atoms with Gasteiger partial charge in [0.15, 0.2) is 0 Å². The molecule has 0 aliphatic carbocycles. The number of rotatable bonds is 9. The van der Waals surface area contributed by atoms with Crippen LogP contribution in [0.2, 0.25) is 0 Å². The van der Waals surface area contributed by atoms with E-state index in [1.807, 2.05) is 30.3 Å². The van der Waals surface area contributed by atoms with Crippen LogP contribution >= 0.6 is 0 Å².